The number of hydrogen-bond acceptors (Lipinski definition) is 7. The first-order chi connectivity index (χ1) is 15.2. The quantitative estimate of drug-likeness (QED) is 0.565. The molecule has 1 saturated heterocycles. The molecule has 0 spiro atoms. The van der Waals surface area contributed by atoms with E-state index in [0.29, 0.717) is 18.4 Å². The predicted octanol–water partition coefficient (Wildman–Crippen LogP) is 3.40. The minimum Gasteiger partial charge on any atom is -0.440 e. The van der Waals surface area contributed by atoms with Crippen LogP contribution in [0.2, 0.25) is 5.15 Å². The third kappa shape index (κ3) is 5.10. The number of carbonyl (C=O) groups is 2. The van der Waals surface area contributed by atoms with Crippen molar-refractivity contribution in [2.75, 3.05) is 19.7 Å². The third-order valence-electron chi connectivity index (χ3n) is 4.76. The summed E-state index contributed by atoms with van der Waals surface area (Å²) in [4.78, 5) is 35.4. The number of aromatic nitrogens is 4. The average molecular weight is 489 g/mol. The maximum atomic E-state index is 13.0. The molecule has 0 aromatic carbocycles. The molecule has 0 unspecified atom stereocenters. The van der Waals surface area contributed by atoms with E-state index < -0.39 is 24.9 Å². The zero-order valence-electron chi connectivity index (χ0n) is 16.3. The molecule has 14 heteroatoms. The van der Waals surface area contributed by atoms with Crippen molar-refractivity contribution < 1.29 is 27.5 Å². The van der Waals surface area contributed by atoms with Crippen molar-refractivity contribution in [3.05, 3.63) is 34.7 Å². The predicted molar refractivity (Wildman–Crippen MR) is 109 cm³/mol. The van der Waals surface area contributed by atoms with Gasteiger partial charge in [-0.25, -0.2) is 19.3 Å². The Bertz CT molecular complexity index is 1140. The fourth-order valence-corrected chi connectivity index (χ4v) is 4.25. The molecule has 1 fully saturated rings. The molecule has 3 aromatic heterocycles. The van der Waals surface area contributed by atoms with Gasteiger partial charge >= 0.3 is 12.3 Å². The Morgan fingerprint density at radius 1 is 1.28 bits per heavy atom. The molecule has 0 radical (unpaired) electrons. The number of alkyl halides is 3. The van der Waals surface area contributed by atoms with Gasteiger partial charge < -0.3 is 15.0 Å². The summed E-state index contributed by atoms with van der Waals surface area (Å²) in [5.41, 5.74) is 0.767. The first-order valence-corrected chi connectivity index (χ1v) is 10.7. The van der Waals surface area contributed by atoms with E-state index in [2.05, 4.69) is 25.1 Å². The van der Waals surface area contributed by atoms with E-state index in [9.17, 15) is 22.8 Å². The highest BCUT2D eigenvalue weighted by Gasteiger charge is 2.31. The number of nitrogens with zero attached hydrogens (tertiary/aromatic N) is 5. The van der Waals surface area contributed by atoms with Gasteiger partial charge in [-0.2, -0.15) is 18.3 Å². The highest BCUT2D eigenvalue weighted by atomic mass is 35.5. The molecule has 0 bridgehead atoms. The number of ether oxygens (including phenoxy) is 1. The lowest BCUT2D eigenvalue weighted by atomic mass is 10.0. The summed E-state index contributed by atoms with van der Waals surface area (Å²) >= 11 is 7.58. The van der Waals surface area contributed by atoms with Gasteiger partial charge in [-0.3, -0.25) is 4.79 Å². The number of rotatable bonds is 4. The first kappa shape index (κ1) is 22.3. The van der Waals surface area contributed by atoms with Gasteiger partial charge in [-0.05, 0) is 12.8 Å². The van der Waals surface area contributed by atoms with Crippen LogP contribution < -0.4 is 5.32 Å². The van der Waals surface area contributed by atoms with Gasteiger partial charge in [0.1, 0.15) is 15.7 Å². The Morgan fingerprint density at radius 2 is 2.03 bits per heavy atom. The Balaban J connectivity index is 1.39. The topological polar surface area (TPSA) is 102 Å². The minimum atomic E-state index is -4.59. The fourth-order valence-electron chi connectivity index (χ4n) is 3.27. The summed E-state index contributed by atoms with van der Waals surface area (Å²) in [5.74, 6) is -0.0782. The van der Waals surface area contributed by atoms with Gasteiger partial charge in [0.2, 0.25) is 0 Å². The maximum Gasteiger partial charge on any atom is 0.422 e. The van der Waals surface area contributed by atoms with Crippen LogP contribution in [-0.2, 0) is 4.74 Å². The summed E-state index contributed by atoms with van der Waals surface area (Å²) in [6.45, 7) is -1.09. The lowest BCUT2D eigenvalue weighted by Crippen LogP contribution is -2.47. The van der Waals surface area contributed by atoms with Crippen LogP contribution in [-0.4, -0.2) is 68.4 Å². The van der Waals surface area contributed by atoms with E-state index in [-0.39, 0.29) is 35.7 Å². The standard InChI is InChI=1S/C18H16ClF3N6O3S/c19-13-7-12(25-14(26-13)11-8-23-28-5-6-32-16(11)28)15(29)27-3-1-10(2-4-27)24-17(30)31-9-18(20,21)22/h5-8,10H,1-4,9H2,(H,24,30). The smallest absolute Gasteiger partial charge is 0.422 e. The highest BCUT2D eigenvalue weighted by molar-refractivity contribution is 7.16. The molecule has 1 N–H and O–H groups in total. The van der Waals surface area contributed by atoms with E-state index >= 15 is 0 Å². The van der Waals surface area contributed by atoms with Gasteiger partial charge in [0.05, 0.1) is 11.8 Å². The first-order valence-electron chi connectivity index (χ1n) is 9.45. The number of likely N-dealkylation sites (tertiary alicyclic amines) is 1. The SMILES string of the molecule is O=C(NC1CCN(C(=O)c2cc(Cl)nc(-c3cnn4ccsc34)n2)CC1)OCC(F)(F)F. The van der Waals surface area contributed by atoms with Gasteiger partial charge in [-0.15, -0.1) is 11.3 Å². The molecule has 9 nitrogen and oxygen atoms in total. The van der Waals surface area contributed by atoms with Crippen molar-refractivity contribution in [3.8, 4) is 11.4 Å². The molecular formula is C18H16ClF3N6O3S. The van der Waals surface area contributed by atoms with Crippen LogP contribution >= 0.6 is 22.9 Å². The van der Waals surface area contributed by atoms with Crippen molar-refractivity contribution in [3.63, 3.8) is 0 Å². The van der Waals surface area contributed by atoms with Gasteiger partial charge in [-0.1, -0.05) is 11.6 Å². The second-order valence-electron chi connectivity index (χ2n) is 7.01. The summed E-state index contributed by atoms with van der Waals surface area (Å²) in [7, 11) is 0. The van der Waals surface area contributed by atoms with Gasteiger partial charge in [0, 0.05) is 36.8 Å². The average Bonchev–Trinajstić information content (AvgIpc) is 3.35. The van der Waals surface area contributed by atoms with Crippen molar-refractivity contribution in [2.24, 2.45) is 0 Å². The molecule has 1 aliphatic rings. The van der Waals surface area contributed by atoms with E-state index in [1.54, 1.807) is 21.8 Å². The highest BCUT2D eigenvalue weighted by Crippen LogP contribution is 2.27. The molecular weight excluding hydrogens is 473 g/mol. The van der Waals surface area contributed by atoms with Gasteiger partial charge in [0.15, 0.2) is 12.4 Å². The zero-order valence-corrected chi connectivity index (χ0v) is 17.9. The molecule has 170 valence electrons. The molecule has 4 heterocycles. The minimum absolute atomic E-state index is 0.109. The van der Waals surface area contributed by atoms with Crippen LogP contribution in [0.1, 0.15) is 23.3 Å². The van der Waals surface area contributed by atoms with E-state index in [0.717, 1.165) is 4.83 Å². The van der Waals surface area contributed by atoms with Crippen LogP contribution in [0.25, 0.3) is 16.2 Å². The summed E-state index contributed by atoms with van der Waals surface area (Å²) < 4.78 is 42.2. The van der Waals surface area contributed by atoms with Crippen molar-refractivity contribution >= 4 is 39.8 Å². The van der Waals surface area contributed by atoms with Crippen LogP contribution in [0.15, 0.2) is 23.8 Å². The number of piperidine rings is 1. The summed E-state index contributed by atoms with van der Waals surface area (Å²) in [5, 5.41) is 8.57. The molecule has 0 atom stereocenters. The number of fused-ring (bicyclic) bond motifs is 1. The number of halogens is 4. The number of amides is 2. The number of hydrogen-bond donors (Lipinski definition) is 1. The normalized spacial score (nSPS) is 15.2. The molecule has 4 rings (SSSR count). The van der Waals surface area contributed by atoms with E-state index in [1.165, 1.54) is 17.4 Å². The summed E-state index contributed by atoms with van der Waals surface area (Å²) in [6.07, 6.45) is -1.62. The second kappa shape index (κ2) is 8.90. The lowest BCUT2D eigenvalue weighted by Gasteiger charge is -2.32. The van der Waals surface area contributed by atoms with Crippen LogP contribution in [0, 0.1) is 0 Å². The second-order valence-corrected chi connectivity index (χ2v) is 8.29. The number of carbonyl (C=O) groups excluding carboxylic acids is 2. The van der Waals surface area contributed by atoms with Crippen LogP contribution in [0.3, 0.4) is 0 Å². The number of nitrogens with one attached hydrogen (secondary N) is 1. The fraction of sp³-hybridized carbons (Fsp3) is 0.389. The Kier molecular flexibility index (Phi) is 6.20. The van der Waals surface area contributed by atoms with Crippen molar-refractivity contribution in [1.29, 1.82) is 0 Å². The molecule has 0 aliphatic carbocycles. The largest absolute Gasteiger partial charge is 0.440 e. The Morgan fingerprint density at radius 3 is 2.75 bits per heavy atom. The van der Waals surface area contributed by atoms with E-state index in [1.807, 2.05) is 5.38 Å². The van der Waals surface area contributed by atoms with Crippen LogP contribution in [0.4, 0.5) is 18.0 Å². The van der Waals surface area contributed by atoms with Gasteiger partial charge in [0.25, 0.3) is 5.91 Å². The zero-order chi connectivity index (χ0) is 22.9. The number of alkyl carbamates (subject to hydrolysis) is 1. The maximum absolute atomic E-state index is 13.0. The molecule has 3 aromatic rings. The van der Waals surface area contributed by atoms with Crippen molar-refractivity contribution in [1.82, 2.24) is 29.8 Å². The monoisotopic (exact) mass is 488 g/mol. The van der Waals surface area contributed by atoms with Crippen molar-refractivity contribution in [2.45, 2.75) is 25.1 Å². The molecule has 2 amide bonds. The Labute approximate surface area is 188 Å². The Hall–Kier alpha value is -2.93. The molecule has 0 saturated carbocycles. The number of thiazole rings is 1. The summed E-state index contributed by atoms with van der Waals surface area (Å²) in [6, 6.07) is 0.977. The van der Waals surface area contributed by atoms with E-state index in [4.69, 9.17) is 11.6 Å². The molecule has 1 aliphatic heterocycles. The molecule has 32 heavy (non-hydrogen) atoms. The van der Waals surface area contributed by atoms with Crippen LogP contribution in [0.5, 0.6) is 0 Å². The lowest BCUT2D eigenvalue weighted by molar-refractivity contribution is -0.160. The third-order valence-corrected chi connectivity index (χ3v) is 5.84.